The zero-order valence-electron chi connectivity index (χ0n) is 27.5. The molecule has 0 radical (unpaired) electrons. The van der Waals surface area contributed by atoms with Crippen molar-refractivity contribution in [2.24, 2.45) is 0 Å². The van der Waals surface area contributed by atoms with Gasteiger partial charge in [0.15, 0.2) is 0 Å². The molecule has 0 spiro atoms. The lowest BCUT2D eigenvalue weighted by atomic mass is 10.0. The number of nitrogens with zero attached hydrogens (tertiary/aromatic N) is 2. The number of fused-ring (bicyclic) bond motifs is 2. The fraction of sp³-hybridized carbons (Fsp3) is 0.231. The maximum atomic E-state index is 13.3. The van der Waals surface area contributed by atoms with E-state index < -0.39 is 35.6 Å². The third-order valence-corrected chi connectivity index (χ3v) is 8.61. The molecule has 2 N–H and O–H groups in total. The second-order valence-corrected chi connectivity index (χ2v) is 12.1. The summed E-state index contributed by atoms with van der Waals surface area (Å²) in [6, 6.07) is 22.3. The van der Waals surface area contributed by atoms with Crippen molar-refractivity contribution in [3.63, 3.8) is 0 Å². The van der Waals surface area contributed by atoms with E-state index in [1.54, 1.807) is 48.5 Å². The number of aliphatic hydroxyl groups is 2. The minimum atomic E-state index is -0.616. The second kappa shape index (κ2) is 15.3. The Labute approximate surface area is 292 Å². The van der Waals surface area contributed by atoms with Gasteiger partial charge < -0.3 is 19.7 Å². The first-order chi connectivity index (χ1) is 24.7. The molecule has 0 aromatic heterocycles. The van der Waals surface area contributed by atoms with Crippen LogP contribution in [0.15, 0.2) is 84.9 Å². The molecule has 0 fully saturated rings. The largest absolute Gasteiger partial charge is 0.462 e. The number of benzene rings is 4. The van der Waals surface area contributed by atoms with Crippen LogP contribution in [0, 0.1) is 0 Å². The van der Waals surface area contributed by atoms with Gasteiger partial charge in [0.25, 0.3) is 23.6 Å². The van der Waals surface area contributed by atoms with E-state index in [0.29, 0.717) is 43.5 Å². The lowest BCUT2D eigenvalue weighted by molar-refractivity contribution is 0.0484. The molecule has 0 saturated carbocycles. The molecule has 0 saturated heterocycles. The number of imide groups is 2. The van der Waals surface area contributed by atoms with Gasteiger partial charge >= 0.3 is 11.9 Å². The summed E-state index contributed by atoms with van der Waals surface area (Å²) >= 11 is 0. The molecular formula is C39H34N2O10. The Balaban J connectivity index is 1.09. The first kappa shape index (κ1) is 34.9. The van der Waals surface area contributed by atoms with Gasteiger partial charge in [-0.1, -0.05) is 24.3 Å². The first-order valence-corrected chi connectivity index (χ1v) is 16.5. The van der Waals surface area contributed by atoms with E-state index in [9.17, 15) is 28.8 Å². The summed E-state index contributed by atoms with van der Waals surface area (Å²) in [6.45, 7) is 0.262. The predicted molar refractivity (Wildman–Crippen MR) is 184 cm³/mol. The van der Waals surface area contributed by atoms with Gasteiger partial charge in [0.05, 0.1) is 58.0 Å². The Morgan fingerprint density at radius 1 is 0.490 bits per heavy atom. The summed E-state index contributed by atoms with van der Waals surface area (Å²) < 4.78 is 10.4. The van der Waals surface area contributed by atoms with Crippen LogP contribution in [0.5, 0.6) is 0 Å². The van der Waals surface area contributed by atoms with Crippen LogP contribution in [-0.4, -0.2) is 72.2 Å². The molecule has 4 amide bonds. The van der Waals surface area contributed by atoms with Crippen molar-refractivity contribution in [3.8, 4) is 0 Å². The van der Waals surface area contributed by atoms with Gasteiger partial charge in [-0.25, -0.2) is 19.4 Å². The van der Waals surface area contributed by atoms with Crippen LogP contribution >= 0.6 is 0 Å². The van der Waals surface area contributed by atoms with Gasteiger partial charge in [0.1, 0.15) is 0 Å². The Hall–Kier alpha value is -5.98. The summed E-state index contributed by atoms with van der Waals surface area (Å²) in [7, 11) is 0. The standard InChI is InChI=1S/C39H34N2O10/c42-17-1-3-19-50-38(48)26-9-15-30-32(22-26)36(46)40(34(30)44)28-11-5-24(6-12-28)21-25-7-13-29(14-8-25)41-35(45)31-16-10-27(23-33(31)37(41)47)39(49)51-20-4-2-18-43/h5-16,22-23,42-43H,1-4,17-21H2. The smallest absolute Gasteiger partial charge is 0.338 e. The van der Waals surface area contributed by atoms with Crippen LogP contribution in [0.2, 0.25) is 0 Å². The zero-order chi connectivity index (χ0) is 36.1. The highest BCUT2D eigenvalue weighted by Crippen LogP contribution is 2.32. The highest BCUT2D eigenvalue weighted by Gasteiger charge is 2.38. The molecule has 12 nitrogen and oxygen atoms in total. The molecule has 4 aromatic rings. The predicted octanol–water partition coefficient (Wildman–Crippen LogP) is 4.74. The average Bonchev–Trinajstić information content (AvgIpc) is 3.55. The van der Waals surface area contributed by atoms with E-state index in [2.05, 4.69) is 0 Å². The Bertz CT molecular complexity index is 1880. The van der Waals surface area contributed by atoms with Crippen molar-refractivity contribution < 1.29 is 48.5 Å². The zero-order valence-corrected chi connectivity index (χ0v) is 27.5. The first-order valence-electron chi connectivity index (χ1n) is 16.5. The van der Waals surface area contributed by atoms with Gasteiger partial charge in [-0.3, -0.25) is 19.2 Å². The van der Waals surface area contributed by atoms with E-state index in [-0.39, 0.29) is 59.8 Å². The Kier molecular flexibility index (Phi) is 10.4. The van der Waals surface area contributed by atoms with Gasteiger partial charge in [-0.15, -0.1) is 0 Å². The van der Waals surface area contributed by atoms with E-state index in [1.807, 2.05) is 0 Å². The van der Waals surface area contributed by atoms with Crippen LogP contribution in [0.1, 0.15) is 99.0 Å². The molecule has 2 aliphatic heterocycles. The van der Waals surface area contributed by atoms with Crippen molar-refractivity contribution in [2.45, 2.75) is 32.1 Å². The highest BCUT2D eigenvalue weighted by atomic mass is 16.5. The number of aliphatic hydroxyl groups excluding tert-OH is 2. The maximum Gasteiger partial charge on any atom is 0.338 e. The van der Waals surface area contributed by atoms with Gasteiger partial charge in [0, 0.05) is 13.2 Å². The number of carbonyl (C=O) groups excluding carboxylic acids is 6. The number of unbranched alkanes of at least 4 members (excludes halogenated alkanes) is 2. The summed E-state index contributed by atoms with van der Waals surface area (Å²) in [5.74, 6) is -3.33. The molecule has 51 heavy (non-hydrogen) atoms. The molecular weight excluding hydrogens is 656 g/mol. The molecule has 260 valence electrons. The van der Waals surface area contributed by atoms with Crippen molar-refractivity contribution in [3.05, 3.63) is 129 Å². The molecule has 0 unspecified atom stereocenters. The monoisotopic (exact) mass is 690 g/mol. The number of hydrogen-bond donors (Lipinski definition) is 2. The van der Waals surface area contributed by atoms with Gasteiger partial charge in [0.2, 0.25) is 0 Å². The quantitative estimate of drug-likeness (QED) is 0.107. The van der Waals surface area contributed by atoms with Crippen LogP contribution in [0.4, 0.5) is 11.4 Å². The molecule has 6 rings (SSSR count). The number of rotatable bonds is 14. The van der Waals surface area contributed by atoms with E-state index >= 15 is 0 Å². The van der Waals surface area contributed by atoms with Crippen LogP contribution < -0.4 is 9.80 Å². The minimum absolute atomic E-state index is 0.00237. The minimum Gasteiger partial charge on any atom is -0.462 e. The number of amides is 4. The molecule has 2 aliphatic rings. The fourth-order valence-electron chi connectivity index (χ4n) is 5.89. The maximum absolute atomic E-state index is 13.3. The van der Waals surface area contributed by atoms with Crippen LogP contribution in [0.25, 0.3) is 0 Å². The lowest BCUT2D eigenvalue weighted by Crippen LogP contribution is -2.29. The van der Waals surface area contributed by atoms with Crippen molar-refractivity contribution in [1.82, 2.24) is 0 Å². The van der Waals surface area contributed by atoms with E-state index in [1.165, 1.54) is 36.4 Å². The van der Waals surface area contributed by atoms with Crippen molar-refractivity contribution in [1.29, 1.82) is 0 Å². The summed E-state index contributed by atoms with van der Waals surface area (Å²) in [5.41, 5.74) is 3.41. The Morgan fingerprint density at radius 2 is 0.863 bits per heavy atom. The second-order valence-electron chi connectivity index (χ2n) is 12.1. The topological polar surface area (TPSA) is 168 Å². The molecule has 0 aliphatic carbocycles. The third kappa shape index (κ3) is 7.18. The molecule has 4 aromatic carbocycles. The molecule has 0 atom stereocenters. The third-order valence-electron chi connectivity index (χ3n) is 8.61. The summed E-state index contributed by atoms with van der Waals surface area (Å²) in [4.78, 5) is 79.8. The lowest BCUT2D eigenvalue weighted by Gasteiger charge is -2.15. The SMILES string of the molecule is O=C(OCCCCO)c1ccc2c(c1)C(=O)N(c1ccc(Cc3ccc(N4C(=O)c5ccc(C(=O)OCCCCO)cc5C4=O)cc3)cc1)C2=O. The molecule has 0 bridgehead atoms. The summed E-state index contributed by atoms with van der Waals surface area (Å²) in [6.07, 6.45) is 2.50. The van der Waals surface area contributed by atoms with Crippen LogP contribution in [-0.2, 0) is 15.9 Å². The Morgan fingerprint density at radius 3 is 1.24 bits per heavy atom. The van der Waals surface area contributed by atoms with Gasteiger partial charge in [-0.05, 0) is 104 Å². The normalized spacial score (nSPS) is 13.5. The van der Waals surface area contributed by atoms with Gasteiger partial charge in [-0.2, -0.15) is 0 Å². The molecule has 2 heterocycles. The molecule has 12 heteroatoms. The fourth-order valence-corrected chi connectivity index (χ4v) is 5.89. The number of anilines is 2. The van der Waals surface area contributed by atoms with Crippen molar-refractivity contribution >= 4 is 46.9 Å². The van der Waals surface area contributed by atoms with Crippen LogP contribution in [0.3, 0.4) is 0 Å². The summed E-state index contributed by atoms with van der Waals surface area (Å²) in [5, 5.41) is 17.8. The number of hydrogen-bond acceptors (Lipinski definition) is 10. The van der Waals surface area contributed by atoms with Crippen molar-refractivity contribution in [2.75, 3.05) is 36.2 Å². The average molecular weight is 691 g/mol. The van der Waals surface area contributed by atoms with E-state index in [4.69, 9.17) is 19.7 Å². The highest BCUT2D eigenvalue weighted by molar-refractivity contribution is 6.35. The van der Waals surface area contributed by atoms with E-state index in [0.717, 1.165) is 20.9 Å². The number of esters is 2. The number of carbonyl (C=O) groups is 6. The number of ether oxygens (including phenoxy) is 2.